The summed E-state index contributed by atoms with van der Waals surface area (Å²) in [5.41, 5.74) is 2.00. The molecule has 1 N–H and O–H groups in total. The lowest BCUT2D eigenvalue weighted by Gasteiger charge is -2.49. The van der Waals surface area contributed by atoms with Crippen LogP contribution >= 0.6 is 0 Å². The molecule has 3 aliphatic heterocycles. The van der Waals surface area contributed by atoms with Crippen LogP contribution in [-0.4, -0.2) is 46.5 Å². The Morgan fingerprint density at radius 2 is 2.22 bits per heavy atom. The van der Waals surface area contributed by atoms with Gasteiger partial charge in [0.05, 0.1) is 6.26 Å². The quantitative estimate of drug-likeness (QED) is 0.881. The van der Waals surface area contributed by atoms with Crippen LogP contribution in [-0.2, 0) is 4.79 Å². The van der Waals surface area contributed by atoms with Crippen LogP contribution in [0.3, 0.4) is 0 Å². The number of nitrogens with zero attached hydrogens (tertiary/aromatic N) is 3. The van der Waals surface area contributed by atoms with Crippen LogP contribution in [0.1, 0.15) is 43.1 Å². The molecule has 4 fully saturated rings. The fraction of sp³-hybridized carbons (Fsp3) is 0.571. The maximum absolute atomic E-state index is 12.0. The van der Waals surface area contributed by atoms with Crippen LogP contribution in [0.25, 0.3) is 11.5 Å². The molecule has 2 aromatic rings. The second-order valence-corrected chi connectivity index (χ2v) is 8.26. The summed E-state index contributed by atoms with van der Waals surface area (Å²) in [4.78, 5) is 23.8. The van der Waals surface area contributed by atoms with Gasteiger partial charge in [-0.05, 0) is 63.3 Å². The minimum Gasteiger partial charge on any atom is -0.463 e. The molecule has 1 saturated carbocycles. The van der Waals surface area contributed by atoms with Crippen LogP contribution in [0.2, 0.25) is 0 Å². The highest BCUT2D eigenvalue weighted by molar-refractivity contribution is 5.80. The van der Waals surface area contributed by atoms with E-state index < -0.39 is 0 Å². The number of furan rings is 1. The highest BCUT2D eigenvalue weighted by Gasteiger charge is 2.42. The molecule has 5 heterocycles. The predicted octanol–water partition coefficient (Wildman–Crippen LogP) is 2.75. The summed E-state index contributed by atoms with van der Waals surface area (Å²) < 4.78 is 5.53. The third-order valence-corrected chi connectivity index (χ3v) is 6.35. The molecule has 0 aromatic carbocycles. The van der Waals surface area contributed by atoms with E-state index in [9.17, 15) is 4.79 Å². The van der Waals surface area contributed by atoms with E-state index in [1.54, 1.807) is 6.26 Å². The van der Waals surface area contributed by atoms with Crippen molar-refractivity contribution in [3.05, 3.63) is 36.0 Å². The zero-order valence-corrected chi connectivity index (χ0v) is 15.7. The van der Waals surface area contributed by atoms with E-state index in [0.29, 0.717) is 17.9 Å². The van der Waals surface area contributed by atoms with Gasteiger partial charge >= 0.3 is 0 Å². The average molecular weight is 366 g/mol. The SMILES string of the molecule is Cc1nc(-c2ccco2)cc([C@@H]2CN3CC[C@H]2C[C@@H]3CNC(=O)C2CC2)n1. The van der Waals surface area contributed by atoms with Gasteiger partial charge in [-0.2, -0.15) is 0 Å². The van der Waals surface area contributed by atoms with Crippen LogP contribution in [0.5, 0.6) is 0 Å². The van der Waals surface area contributed by atoms with Crippen molar-refractivity contribution in [2.24, 2.45) is 11.8 Å². The maximum Gasteiger partial charge on any atom is 0.223 e. The van der Waals surface area contributed by atoms with Gasteiger partial charge in [-0.3, -0.25) is 9.69 Å². The number of hydrogen-bond donors (Lipinski definition) is 1. The Hall–Kier alpha value is -2.21. The first-order chi connectivity index (χ1) is 13.2. The lowest BCUT2D eigenvalue weighted by molar-refractivity contribution is -0.122. The van der Waals surface area contributed by atoms with E-state index in [1.807, 2.05) is 19.1 Å². The van der Waals surface area contributed by atoms with Gasteiger partial charge in [0, 0.05) is 36.7 Å². The molecule has 0 spiro atoms. The minimum absolute atomic E-state index is 0.253. The molecule has 4 aliphatic rings. The van der Waals surface area contributed by atoms with Crippen LogP contribution in [0.4, 0.5) is 0 Å². The largest absolute Gasteiger partial charge is 0.463 e. The first-order valence-electron chi connectivity index (χ1n) is 10.1. The number of nitrogens with one attached hydrogen (secondary N) is 1. The van der Waals surface area contributed by atoms with Crippen LogP contribution in [0, 0.1) is 18.8 Å². The van der Waals surface area contributed by atoms with E-state index in [4.69, 9.17) is 9.40 Å². The lowest BCUT2D eigenvalue weighted by Crippen LogP contribution is -2.56. The summed E-state index contributed by atoms with van der Waals surface area (Å²) in [5, 5.41) is 3.17. The van der Waals surface area contributed by atoms with E-state index in [2.05, 4.69) is 21.3 Å². The number of carbonyl (C=O) groups excluding carboxylic acids is 1. The first kappa shape index (κ1) is 16.9. The Kier molecular flexibility index (Phi) is 4.23. The number of carbonyl (C=O) groups is 1. The molecule has 3 saturated heterocycles. The van der Waals surface area contributed by atoms with Crippen molar-refractivity contribution in [3.8, 4) is 11.5 Å². The standard InChI is InChI=1S/C21H26N4O2/c1-13-23-18(10-19(24-13)20-3-2-8-27-20)17-12-25-7-6-15(17)9-16(25)11-22-21(26)14-4-5-14/h2-3,8,10,14-17H,4-7,9,11-12H2,1H3,(H,22,26)/t15-,16+,17+/m0/s1. The number of hydrogen-bond acceptors (Lipinski definition) is 5. The third-order valence-electron chi connectivity index (χ3n) is 6.35. The third kappa shape index (κ3) is 3.38. The highest BCUT2D eigenvalue weighted by atomic mass is 16.3. The number of amides is 1. The van der Waals surface area contributed by atoms with Gasteiger partial charge in [-0.1, -0.05) is 0 Å². The second-order valence-electron chi connectivity index (χ2n) is 8.26. The Bertz CT molecular complexity index is 831. The number of aryl methyl sites for hydroxylation is 1. The van der Waals surface area contributed by atoms with Crippen molar-refractivity contribution < 1.29 is 9.21 Å². The van der Waals surface area contributed by atoms with E-state index in [1.165, 1.54) is 6.42 Å². The van der Waals surface area contributed by atoms with E-state index >= 15 is 0 Å². The Labute approximate surface area is 159 Å². The van der Waals surface area contributed by atoms with Crippen LogP contribution < -0.4 is 5.32 Å². The number of piperidine rings is 3. The molecule has 0 radical (unpaired) electrons. The van der Waals surface area contributed by atoms with Gasteiger partial charge in [-0.15, -0.1) is 0 Å². The molecule has 27 heavy (non-hydrogen) atoms. The van der Waals surface area contributed by atoms with Gasteiger partial charge in [0.2, 0.25) is 5.91 Å². The normalized spacial score (nSPS) is 29.7. The molecule has 6 nitrogen and oxygen atoms in total. The van der Waals surface area contributed by atoms with E-state index in [0.717, 1.165) is 61.9 Å². The van der Waals surface area contributed by atoms with Crippen molar-refractivity contribution in [2.45, 2.75) is 44.6 Å². The van der Waals surface area contributed by atoms with Gasteiger partial charge in [0.1, 0.15) is 11.5 Å². The van der Waals surface area contributed by atoms with Gasteiger partial charge < -0.3 is 9.73 Å². The topological polar surface area (TPSA) is 71.3 Å². The maximum atomic E-state index is 12.0. The summed E-state index contributed by atoms with van der Waals surface area (Å²) >= 11 is 0. The molecule has 6 rings (SSSR count). The van der Waals surface area contributed by atoms with Crippen molar-refractivity contribution >= 4 is 5.91 Å². The number of aromatic nitrogens is 2. The molecule has 4 atom stereocenters. The van der Waals surface area contributed by atoms with Gasteiger partial charge in [-0.25, -0.2) is 9.97 Å². The number of rotatable bonds is 5. The molecule has 2 bridgehead atoms. The zero-order valence-electron chi connectivity index (χ0n) is 15.7. The van der Waals surface area contributed by atoms with Crippen molar-refractivity contribution in [1.29, 1.82) is 0 Å². The Morgan fingerprint density at radius 3 is 2.93 bits per heavy atom. The highest BCUT2D eigenvalue weighted by Crippen LogP contribution is 2.41. The summed E-state index contributed by atoms with van der Waals surface area (Å²) in [6.45, 7) is 4.88. The van der Waals surface area contributed by atoms with Crippen LogP contribution in [0.15, 0.2) is 28.9 Å². The molecular formula is C21H26N4O2. The lowest BCUT2D eigenvalue weighted by atomic mass is 9.74. The molecular weight excluding hydrogens is 340 g/mol. The molecule has 6 heteroatoms. The monoisotopic (exact) mass is 366 g/mol. The van der Waals surface area contributed by atoms with E-state index in [-0.39, 0.29) is 11.8 Å². The second kappa shape index (κ2) is 6.75. The summed E-state index contributed by atoms with van der Waals surface area (Å²) in [7, 11) is 0. The number of fused-ring (bicyclic) bond motifs is 3. The molecule has 142 valence electrons. The Balaban J connectivity index is 1.31. The van der Waals surface area contributed by atoms with Crippen molar-refractivity contribution in [3.63, 3.8) is 0 Å². The molecule has 1 unspecified atom stereocenters. The summed E-state index contributed by atoms with van der Waals surface area (Å²) in [5.74, 6) is 3.19. The summed E-state index contributed by atoms with van der Waals surface area (Å²) in [6, 6.07) is 6.40. The minimum atomic E-state index is 0.253. The van der Waals surface area contributed by atoms with Crippen molar-refractivity contribution in [2.75, 3.05) is 19.6 Å². The smallest absolute Gasteiger partial charge is 0.223 e. The Morgan fingerprint density at radius 1 is 1.33 bits per heavy atom. The van der Waals surface area contributed by atoms with Gasteiger partial charge in [0.15, 0.2) is 5.76 Å². The summed E-state index contributed by atoms with van der Waals surface area (Å²) in [6.07, 6.45) is 6.15. The predicted molar refractivity (Wildman–Crippen MR) is 101 cm³/mol. The molecule has 1 amide bonds. The first-order valence-corrected chi connectivity index (χ1v) is 10.1. The fourth-order valence-corrected chi connectivity index (χ4v) is 4.73. The molecule has 2 aromatic heterocycles. The zero-order chi connectivity index (χ0) is 18.4. The fourth-order valence-electron chi connectivity index (χ4n) is 4.73. The average Bonchev–Trinajstić information content (AvgIpc) is 3.40. The van der Waals surface area contributed by atoms with Gasteiger partial charge in [0.25, 0.3) is 0 Å². The molecule has 1 aliphatic carbocycles. The van der Waals surface area contributed by atoms with Crippen molar-refractivity contribution in [1.82, 2.24) is 20.2 Å².